The van der Waals surface area contributed by atoms with E-state index < -0.39 is 11.8 Å². The quantitative estimate of drug-likeness (QED) is 0.241. The summed E-state index contributed by atoms with van der Waals surface area (Å²) in [6, 6.07) is 18.2. The zero-order chi connectivity index (χ0) is 28.4. The molecule has 40 heavy (non-hydrogen) atoms. The maximum atomic E-state index is 15.2. The normalized spacial score (nSPS) is 11.7. The van der Waals surface area contributed by atoms with Gasteiger partial charge in [-0.3, -0.25) is 9.38 Å². The van der Waals surface area contributed by atoms with E-state index in [1.54, 1.807) is 30.7 Å². The van der Waals surface area contributed by atoms with Gasteiger partial charge in [0.1, 0.15) is 11.5 Å². The van der Waals surface area contributed by atoms with Gasteiger partial charge in [-0.05, 0) is 90.3 Å². The number of anilines is 2. The van der Waals surface area contributed by atoms with Crippen molar-refractivity contribution in [3.63, 3.8) is 0 Å². The molecule has 0 atom stereocenters. The number of urea groups is 1. The lowest BCUT2D eigenvalue weighted by Crippen LogP contribution is -2.21. The van der Waals surface area contributed by atoms with Gasteiger partial charge in [0.05, 0.1) is 17.6 Å². The van der Waals surface area contributed by atoms with Gasteiger partial charge in [0.2, 0.25) is 0 Å². The Bertz CT molecular complexity index is 1670. The zero-order valence-corrected chi connectivity index (χ0v) is 23.4. The number of hydrogen-bond donors (Lipinski definition) is 2. The van der Waals surface area contributed by atoms with E-state index in [9.17, 15) is 4.79 Å². The Morgan fingerprint density at radius 1 is 0.925 bits per heavy atom. The summed E-state index contributed by atoms with van der Waals surface area (Å²) >= 11 is 0. The first-order valence-corrected chi connectivity index (χ1v) is 13.1. The largest absolute Gasteiger partial charge is 0.323 e. The van der Waals surface area contributed by atoms with Crippen LogP contribution in [0.4, 0.5) is 20.6 Å². The van der Waals surface area contributed by atoms with Crippen LogP contribution in [0.3, 0.4) is 0 Å². The number of carbonyl (C=O) groups excluding carboxylic acids is 1. The molecule has 0 unspecified atom stereocenters. The van der Waals surface area contributed by atoms with Crippen molar-refractivity contribution < 1.29 is 9.18 Å². The molecular formula is C32H33FN6O. The van der Waals surface area contributed by atoms with E-state index in [4.69, 9.17) is 0 Å². The van der Waals surface area contributed by atoms with Crippen molar-refractivity contribution in [1.82, 2.24) is 19.3 Å². The number of imidazole rings is 1. The number of aromatic nitrogens is 3. The van der Waals surface area contributed by atoms with Crippen LogP contribution in [0.5, 0.6) is 0 Å². The highest BCUT2D eigenvalue weighted by atomic mass is 19.1. The van der Waals surface area contributed by atoms with Crippen LogP contribution >= 0.6 is 0 Å². The molecule has 0 aliphatic rings. The highest BCUT2D eigenvalue weighted by Crippen LogP contribution is 2.29. The summed E-state index contributed by atoms with van der Waals surface area (Å²) in [6.45, 7) is 7.13. The molecule has 3 heterocycles. The van der Waals surface area contributed by atoms with E-state index in [0.717, 1.165) is 40.1 Å². The average molecular weight is 537 g/mol. The Morgan fingerprint density at radius 3 is 2.40 bits per heavy atom. The molecule has 0 spiro atoms. The Hall–Kier alpha value is -4.56. The maximum Gasteiger partial charge on any atom is 0.323 e. The maximum absolute atomic E-state index is 15.2. The fourth-order valence-corrected chi connectivity index (χ4v) is 4.63. The molecule has 2 amide bonds. The van der Waals surface area contributed by atoms with Crippen molar-refractivity contribution in [2.75, 3.05) is 24.7 Å². The van der Waals surface area contributed by atoms with E-state index >= 15 is 4.39 Å². The van der Waals surface area contributed by atoms with Crippen LogP contribution in [0.1, 0.15) is 31.9 Å². The minimum atomic E-state index is -0.534. The predicted molar refractivity (Wildman–Crippen MR) is 159 cm³/mol. The molecule has 0 saturated heterocycles. The Balaban J connectivity index is 1.34. The van der Waals surface area contributed by atoms with Crippen molar-refractivity contribution in [3.8, 4) is 22.4 Å². The van der Waals surface area contributed by atoms with Gasteiger partial charge in [0, 0.05) is 36.4 Å². The van der Waals surface area contributed by atoms with Gasteiger partial charge in [-0.15, -0.1) is 0 Å². The lowest BCUT2D eigenvalue weighted by molar-refractivity contribution is 0.262. The topological polar surface area (TPSA) is 74.6 Å². The molecule has 8 heteroatoms. The summed E-state index contributed by atoms with van der Waals surface area (Å²) in [4.78, 5) is 23.5. The summed E-state index contributed by atoms with van der Waals surface area (Å²) in [5.41, 5.74) is 7.07. The molecule has 2 N–H and O–H groups in total. The lowest BCUT2D eigenvalue weighted by atomic mass is 9.85. The predicted octanol–water partition coefficient (Wildman–Crippen LogP) is 7.21. The standard InChI is InChI=1S/C32H33FN6O/c1-32(2,3)25-14-21(20-38(4)5)15-26(18-25)36-31(40)37-28-7-6-24(16-27(28)33)29-19-35-30-17-23(10-13-39(29)30)22-8-11-34-12-9-22/h6-19H,20H2,1-5H3,(H2,36,37,40). The van der Waals surface area contributed by atoms with Crippen LogP contribution in [0, 0.1) is 5.82 Å². The first kappa shape index (κ1) is 27.0. The van der Waals surface area contributed by atoms with Crippen LogP contribution in [0.25, 0.3) is 28.0 Å². The number of amides is 2. The molecule has 5 aromatic rings. The van der Waals surface area contributed by atoms with Crippen molar-refractivity contribution in [2.45, 2.75) is 32.7 Å². The number of halogens is 1. The number of carbonyl (C=O) groups is 1. The summed E-state index contributed by atoms with van der Waals surface area (Å²) < 4.78 is 17.1. The molecule has 2 aromatic carbocycles. The van der Waals surface area contributed by atoms with E-state index in [2.05, 4.69) is 52.3 Å². The number of fused-ring (bicyclic) bond motifs is 1. The van der Waals surface area contributed by atoms with Crippen molar-refractivity contribution in [3.05, 3.63) is 102 Å². The second-order valence-corrected chi connectivity index (χ2v) is 11.2. The summed E-state index contributed by atoms with van der Waals surface area (Å²) in [7, 11) is 4.01. The van der Waals surface area contributed by atoms with Crippen molar-refractivity contribution in [1.29, 1.82) is 0 Å². The summed E-state index contributed by atoms with van der Waals surface area (Å²) in [6.07, 6.45) is 7.14. The van der Waals surface area contributed by atoms with Gasteiger partial charge in [-0.2, -0.15) is 0 Å². The molecule has 0 aliphatic heterocycles. The number of rotatable bonds is 6. The minimum absolute atomic E-state index is 0.0877. The number of benzene rings is 2. The van der Waals surface area contributed by atoms with Crippen LogP contribution in [0.15, 0.2) is 85.5 Å². The Kier molecular flexibility index (Phi) is 7.36. The average Bonchev–Trinajstić information content (AvgIpc) is 3.33. The van der Waals surface area contributed by atoms with Crippen LogP contribution in [-0.4, -0.2) is 39.4 Å². The molecule has 204 valence electrons. The molecular weight excluding hydrogens is 503 g/mol. The first-order chi connectivity index (χ1) is 19.1. The highest BCUT2D eigenvalue weighted by molar-refractivity contribution is 6.00. The Labute approximate surface area is 233 Å². The fourth-order valence-electron chi connectivity index (χ4n) is 4.63. The molecule has 0 saturated carbocycles. The van der Waals surface area contributed by atoms with Gasteiger partial charge in [0.15, 0.2) is 0 Å². The second kappa shape index (κ2) is 10.9. The van der Waals surface area contributed by atoms with E-state index in [0.29, 0.717) is 11.3 Å². The third kappa shape index (κ3) is 6.02. The SMILES string of the molecule is CN(C)Cc1cc(NC(=O)Nc2ccc(-c3cnc4cc(-c5ccncc5)ccn34)cc2F)cc(C(C)(C)C)c1. The number of pyridine rings is 2. The number of nitrogens with zero attached hydrogens (tertiary/aromatic N) is 4. The second-order valence-electron chi connectivity index (χ2n) is 11.2. The molecule has 7 nitrogen and oxygen atoms in total. The van der Waals surface area contributed by atoms with Gasteiger partial charge >= 0.3 is 6.03 Å². The van der Waals surface area contributed by atoms with Gasteiger partial charge in [-0.25, -0.2) is 14.2 Å². The third-order valence-electron chi connectivity index (χ3n) is 6.66. The summed E-state index contributed by atoms with van der Waals surface area (Å²) in [5.74, 6) is -0.534. The monoisotopic (exact) mass is 536 g/mol. The van der Waals surface area contributed by atoms with Gasteiger partial charge < -0.3 is 15.5 Å². The van der Waals surface area contributed by atoms with Crippen LogP contribution in [-0.2, 0) is 12.0 Å². The highest BCUT2D eigenvalue weighted by Gasteiger charge is 2.17. The molecule has 5 rings (SSSR count). The summed E-state index contributed by atoms with van der Waals surface area (Å²) in [5, 5.41) is 5.53. The third-order valence-corrected chi connectivity index (χ3v) is 6.66. The van der Waals surface area contributed by atoms with Crippen LogP contribution < -0.4 is 10.6 Å². The fraction of sp³-hybridized carbons (Fsp3) is 0.219. The first-order valence-electron chi connectivity index (χ1n) is 13.1. The van der Waals surface area contributed by atoms with E-state index in [-0.39, 0.29) is 11.1 Å². The van der Waals surface area contributed by atoms with E-state index in [1.807, 2.05) is 61.1 Å². The smallest absolute Gasteiger partial charge is 0.308 e. The zero-order valence-electron chi connectivity index (χ0n) is 23.4. The van der Waals surface area contributed by atoms with E-state index in [1.165, 1.54) is 6.07 Å². The molecule has 0 radical (unpaired) electrons. The minimum Gasteiger partial charge on any atom is -0.308 e. The number of hydrogen-bond acceptors (Lipinski definition) is 4. The van der Waals surface area contributed by atoms with Gasteiger partial charge in [-0.1, -0.05) is 32.9 Å². The molecule has 0 aliphatic carbocycles. The molecule has 0 fully saturated rings. The van der Waals surface area contributed by atoms with Crippen molar-refractivity contribution >= 4 is 23.1 Å². The van der Waals surface area contributed by atoms with Gasteiger partial charge in [0.25, 0.3) is 0 Å². The van der Waals surface area contributed by atoms with Crippen LogP contribution in [0.2, 0.25) is 0 Å². The lowest BCUT2D eigenvalue weighted by Gasteiger charge is -2.22. The number of nitrogens with one attached hydrogen (secondary N) is 2. The molecule has 0 bridgehead atoms. The van der Waals surface area contributed by atoms with Crippen molar-refractivity contribution in [2.24, 2.45) is 0 Å². The molecule has 3 aromatic heterocycles. The Morgan fingerprint density at radius 2 is 1.70 bits per heavy atom.